The number of H-pyrrole nitrogens is 1. The van der Waals surface area contributed by atoms with Gasteiger partial charge in [-0.15, -0.1) is 9.67 Å². The summed E-state index contributed by atoms with van der Waals surface area (Å²) in [5.41, 5.74) is 0.802. The van der Waals surface area contributed by atoms with E-state index in [9.17, 15) is 14.9 Å². The minimum Gasteiger partial charge on any atom is -0.394 e. The van der Waals surface area contributed by atoms with Crippen LogP contribution < -0.4 is 10.00 Å². The molecule has 0 bridgehead atoms. The average molecular weight is 314 g/mol. The molecule has 0 radical (unpaired) electrons. The fraction of sp³-hybridized carbons (Fsp3) is 0.0714. The van der Waals surface area contributed by atoms with Crippen LogP contribution >= 0.6 is 0 Å². The molecule has 0 aliphatic heterocycles. The van der Waals surface area contributed by atoms with Gasteiger partial charge in [0, 0.05) is 17.8 Å². The molecule has 116 valence electrons. The maximum atomic E-state index is 12.2. The second kappa shape index (κ2) is 5.72. The fourth-order valence-electron chi connectivity index (χ4n) is 2.02. The zero-order valence-corrected chi connectivity index (χ0v) is 12.0. The molecule has 0 saturated carbocycles. The lowest BCUT2D eigenvalue weighted by Gasteiger charge is -1.99. The van der Waals surface area contributed by atoms with Crippen molar-refractivity contribution in [1.82, 2.24) is 10.1 Å². The summed E-state index contributed by atoms with van der Waals surface area (Å²) in [5.74, 6) is -0.213. The van der Waals surface area contributed by atoms with E-state index in [4.69, 9.17) is 4.42 Å². The minimum atomic E-state index is -0.703. The second-order valence-corrected chi connectivity index (χ2v) is 4.70. The maximum Gasteiger partial charge on any atom is 0.433 e. The van der Waals surface area contributed by atoms with E-state index >= 15 is 0 Å². The molecular formula is C14H12N5O4+. The van der Waals surface area contributed by atoms with Crippen LogP contribution in [0.4, 0.5) is 11.7 Å². The molecular weight excluding hydrogens is 302 g/mol. The molecule has 0 aliphatic carbocycles. The molecule has 3 aromatic rings. The van der Waals surface area contributed by atoms with Crippen molar-refractivity contribution in [2.24, 2.45) is 0 Å². The molecule has 23 heavy (non-hydrogen) atoms. The smallest absolute Gasteiger partial charge is 0.394 e. The van der Waals surface area contributed by atoms with Gasteiger partial charge in [-0.3, -0.25) is 10.1 Å². The molecule has 0 aromatic carbocycles. The summed E-state index contributed by atoms with van der Waals surface area (Å²) in [6.45, 7) is 1.83. The molecule has 9 nitrogen and oxygen atoms in total. The molecule has 3 aromatic heterocycles. The highest BCUT2D eigenvalue weighted by Crippen LogP contribution is 2.17. The van der Waals surface area contributed by atoms with Gasteiger partial charge in [-0.05, 0) is 19.1 Å². The van der Waals surface area contributed by atoms with Crippen LogP contribution in [0.25, 0.3) is 5.82 Å². The second-order valence-electron chi connectivity index (χ2n) is 4.70. The topological polar surface area (TPSA) is 118 Å². The van der Waals surface area contributed by atoms with E-state index in [0.29, 0.717) is 11.6 Å². The summed E-state index contributed by atoms with van der Waals surface area (Å²) in [6, 6.07) is 9.45. The Kier molecular flexibility index (Phi) is 3.59. The van der Waals surface area contributed by atoms with Gasteiger partial charge >= 0.3 is 11.8 Å². The summed E-state index contributed by atoms with van der Waals surface area (Å²) in [4.78, 5) is 26.3. The van der Waals surface area contributed by atoms with Crippen molar-refractivity contribution in [3.05, 3.63) is 64.2 Å². The van der Waals surface area contributed by atoms with E-state index in [2.05, 4.69) is 15.4 Å². The Bertz CT molecular complexity index is 868. The number of nitrogens with zero attached hydrogens (tertiary/aromatic N) is 3. The molecule has 3 rings (SSSR count). The van der Waals surface area contributed by atoms with Crippen molar-refractivity contribution >= 4 is 17.6 Å². The number of carbonyl (C=O) groups excluding carboxylic acids is 1. The van der Waals surface area contributed by atoms with Crippen LogP contribution in [0, 0.1) is 17.0 Å². The van der Waals surface area contributed by atoms with Crippen molar-refractivity contribution in [3.63, 3.8) is 0 Å². The number of anilines is 1. The lowest BCUT2D eigenvalue weighted by molar-refractivity contribution is -0.645. The van der Waals surface area contributed by atoms with Gasteiger partial charge in [0.05, 0.1) is 6.07 Å². The molecule has 0 atom stereocenters. The Balaban J connectivity index is 1.88. The predicted molar refractivity (Wildman–Crippen MR) is 78.2 cm³/mol. The Labute approximate surface area is 129 Å². The highest BCUT2D eigenvalue weighted by atomic mass is 16.6. The highest BCUT2D eigenvalue weighted by molar-refractivity contribution is 6.01. The van der Waals surface area contributed by atoms with Crippen LogP contribution in [-0.4, -0.2) is 20.9 Å². The number of furan rings is 1. The predicted octanol–water partition coefficient (Wildman–Crippen LogP) is 1.75. The summed E-state index contributed by atoms with van der Waals surface area (Å²) in [5, 5.41) is 16.3. The molecule has 1 amide bonds. The number of nitro groups is 1. The van der Waals surface area contributed by atoms with Gasteiger partial charge in [0.1, 0.15) is 11.1 Å². The number of hydrogen-bond donors (Lipinski definition) is 2. The minimum absolute atomic E-state index is 0.150. The first-order valence-corrected chi connectivity index (χ1v) is 6.63. The van der Waals surface area contributed by atoms with Crippen molar-refractivity contribution < 1.29 is 18.8 Å². The van der Waals surface area contributed by atoms with Gasteiger partial charge in [0.15, 0.2) is 0 Å². The molecule has 3 heterocycles. The molecule has 0 fully saturated rings. The van der Waals surface area contributed by atoms with Crippen LogP contribution in [0.3, 0.4) is 0 Å². The van der Waals surface area contributed by atoms with E-state index in [1.165, 1.54) is 6.07 Å². The van der Waals surface area contributed by atoms with Crippen LogP contribution in [0.5, 0.6) is 0 Å². The molecule has 0 unspecified atom stereocenters. The van der Waals surface area contributed by atoms with Crippen molar-refractivity contribution in [1.29, 1.82) is 0 Å². The molecule has 0 saturated heterocycles. The number of amides is 1. The van der Waals surface area contributed by atoms with Crippen LogP contribution in [0.15, 0.2) is 47.0 Å². The van der Waals surface area contributed by atoms with Gasteiger partial charge in [-0.2, -0.15) is 0 Å². The Morgan fingerprint density at radius 3 is 2.87 bits per heavy atom. The van der Waals surface area contributed by atoms with E-state index in [-0.39, 0.29) is 5.76 Å². The van der Waals surface area contributed by atoms with Crippen molar-refractivity contribution in [2.75, 3.05) is 5.32 Å². The number of nitrogens with one attached hydrogen (secondary N) is 2. The van der Waals surface area contributed by atoms with Gasteiger partial charge in [-0.1, -0.05) is 6.07 Å². The van der Waals surface area contributed by atoms with E-state index in [1.807, 2.05) is 13.0 Å². The van der Waals surface area contributed by atoms with E-state index < -0.39 is 16.7 Å². The standard InChI is InChI=1S/C14H11N5O4/c1-9-8-12(18(17-9)11-4-2-3-7-15-11)16-14(20)10-5-6-13(23-10)19(21)22/h2-8H,1H3,(H,16,17,20)/p+1. The first-order chi connectivity index (χ1) is 11.0. The summed E-state index contributed by atoms with van der Waals surface area (Å²) >= 11 is 0. The number of aromatic amines is 1. The van der Waals surface area contributed by atoms with Crippen LogP contribution in [0.1, 0.15) is 16.2 Å². The molecule has 9 heteroatoms. The Morgan fingerprint density at radius 2 is 2.22 bits per heavy atom. The lowest BCUT2D eigenvalue weighted by atomic mass is 10.4. The first kappa shape index (κ1) is 14.4. The third-order valence-electron chi connectivity index (χ3n) is 3.00. The zero-order valence-electron chi connectivity index (χ0n) is 12.0. The quantitative estimate of drug-likeness (QED) is 0.432. The normalized spacial score (nSPS) is 10.5. The zero-order chi connectivity index (χ0) is 16.4. The van der Waals surface area contributed by atoms with Gasteiger partial charge < -0.3 is 4.42 Å². The van der Waals surface area contributed by atoms with Crippen LogP contribution in [0.2, 0.25) is 0 Å². The Morgan fingerprint density at radius 1 is 1.39 bits per heavy atom. The van der Waals surface area contributed by atoms with E-state index in [0.717, 1.165) is 11.8 Å². The third-order valence-corrected chi connectivity index (χ3v) is 3.00. The lowest BCUT2D eigenvalue weighted by Crippen LogP contribution is -2.37. The molecule has 0 spiro atoms. The van der Waals surface area contributed by atoms with Gasteiger partial charge in [0.25, 0.3) is 11.6 Å². The Hall–Kier alpha value is -3.49. The highest BCUT2D eigenvalue weighted by Gasteiger charge is 2.23. The number of aryl methyl sites for hydroxylation is 1. The monoisotopic (exact) mass is 314 g/mol. The molecule has 0 aliphatic rings. The van der Waals surface area contributed by atoms with E-state index in [1.54, 1.807) is 29.1 Å². The largest absolute Gasteiger partial charge is 0.433 e. The van der Waals surface area contributed by atoms with Crippen molar-refractivity contribution in [2.45, 2.75) is 6.92 Å². The van der Waals surface area contributed by atoms with Crippen LogP contribution in [-0.2, 0) is 0 Å². The SMILES string of the molecule is Cc1cc(NC(=O)c2ccc([N+](=O)[O-])o2)[n+](-c2ccccn2)[nH]1. The number of hydrogen-bond acceptors (Lipinski definition) is 5. The average Bonchev–Trinajstić information content (AvgIpc) is 3.15. The maximum absolute atomic E-state index is 12.2. The van der Waals surface area contributed by atoms with Gasteiger partial charge in [0.2, 0.25) is 5.76 Å². The number of aromatic nitrogens is 3. The number of rotatable bonds is 4. The first-order valence-electron chi connectivity index (χ1n) is 6.63. The van der Waals surface area contributed by atoms with Crippen molar-refractivity contribution in [3.8, 4) is 5.82 Å². The molecule has 2 N–H and O–H groups in total. The third kappa shape index (κ3) is 2.93. The van der Waals surface area contributed by atoms with Gasteiger partial charge in [-0.25, -0.2) is 15.2 Å². The summed E-state index contributed by atoms with van der Waals surface area (Å²) in [6.07, 6.45) is 1.62. The summed E-state index contributed by atoms with van der Waals surface area (Å²) < 4.78 is 6.47. The number of pyridine rings is 1. The number of carbonyl (C=O) groups is 1. The fourth-order valence-corrected chi connectivity index (χ4v) is 2.02. The summed E-state index contributed by atoms with van der Waals surface area (Å²) in [7, 11) is 0.